The lowest BCUT2D eigenvalue weighted by molar-refractivity contribution is 0.342. The normalized spacial score (nSPS) is 17.7. The lowest BCUT2D eigenvalue weighted by Gasteiger charge is -2.20. The average Bonchev–Trinajstić information content (AvgIpc) is 1.98. The molecule has 0 saturated heterocycles. The zero-order valence-electron chi connectivity index (χ0n) is 9.46. The number of allylic oxidation sites excluding steroid dienone is 2. The summed E-state index contributed by atoms with van der Waals surface area (Å²) >= 11 is 0. The Hall–Kier alpha value is -0.260. The van der Waals surface area contributed by atoms with Crippen LogP contribution in [0.5, 0.6) is 0 Å². The molecule has 2 atom stereocenters. The standard InChI is InChI=1S/C12H24/c1-9(2)7-8-11(5)12(6)10(3)4/h7-12H,1-6H3. The third kappa shape index (κ3) is 4.58. The quantitative estimate of drug-likeness (QED) is 0.554. The minimum atomic E-state index is 0.687. The molecule has 0 N–H and O–H groups in total. The topological polar surface area (TPSA) is 0 Å². The van der Waals surface area contributed by atoms with Crippen LogP contribution in [0.15, 0.2) is 12.2 Å². The van der Waals surface area contributed by atoms with Gasteiger partial charge in [-0.3, -0.25) is 0 Å². The van der Waals surface area contributed by atoms with Crippen molar-refractivity contribution in [2.75, 3.05) is 0 Å². The Labute approximate surface area is 78.1 Å². The van der Waals surface area contributed by atoms with Crippen LogP contribution in [0.1, 0.15) is 41.5 Å². The summed E-state index contributed by atoms with van der Waals surface area (Å²) in [5.74, 6) is 2.98. The Kier molecular flexibility index (Phi) is 5.28. The van der Waals surface area contributed by atoms with Gasteiger partial charge in [-0.15, -0.1) is 0 Å². The van der Waals surface area contributed by atoms with Gasteiger partial charge in [0.2, 0.25) is 0 Å². The Bertz CT molecular complexity index is 131. The first-order valence-electron chi connectivity index (χ1n) is 5.13. The van der Waals surface area contributed by atoms with Gasteiger partial charge in [0.1, 0.15) is 0 Å². The Balaban J connectivity index is 3.94. The van der Waals surface area contributed by atoms with Crippen LogP contribution >= 0.6 is 0 Å². The maximum absolute atomic E-state index is 2.36. The smallest absolute Gasteiger partial charge is 0.0234 e. The first kappa shape index (κ1) is 11.7. The SMILES string of the molecule is CC(C)C=CC(C)C(C)C(C)C. The van der Waals surface area contributed by atoms with Gasteiger partial charge in [0.25, 0.3) is 0 Å². The molecular formula is C12H24. The summed E-state index contributed by atoms with van der Waals surface area (Å²) in [5, 5.41) is 0. The molecule has 0 bridgehead atoms. The lowest BCUT2D eigenvalue weighted by Crippen LogP contribution is -2.12. The third-order valence-electron chi connectivity index (χ3n) is 2.68. The summed E-state index contributed by atoms with van der Waals surface area (Å²) < 4.78 is 0. The van der Waals surface area contributed by atoms with Crippen molar-refractivity contribution in [1.82, 2.24) is 0 Å². The maximum atomic E-state index is 2.36. The molecule has 0 aromatic carbocycles. The molecular weight excluding hydrogens is 144 g/mol. The molecule has 12 heavy (non-hydrogen) atoms. The van der Waals surface area contributed by atoms with E-state index in [2.05, 4.69) is 53.7 Å². The van der Waals surface area contributed by atoms with Crippen LogP contribution in [0, 0.1) is 23.7 Å². The van der Waals surface area contributed by atoms with E-state index < -0.39 is 0 Å². The highest BCUT2D eigenvalue weighted by molar-refractivity contribution is 4.90. The fraction of sp³-hybridized carbons (Fsp3) is 0.833. The van der Waals surface area contributed by atoms with Gasteiger partial charge in [-0.1, -0.05) is 53.7 Å². The molecule has 0 heteroatoms. The van der Waals surface area contributed by atoms with E-state index in [-0.39, 0.29) is 0 Å². The van der Waals surface area contributed by atoms with Crippen molar-refractivity contribution in [1.29, 1.82) is 0 Å². The van der Waals surface area contributed by atoms with Crippen LogP contribution in [0.4, 0.5) is 0 Å². The van der Waals surface area contributed by atoms with Crippen molar-refractivity contribution in [3.8, 4) is 0 Å². The van der Waals surface area contributed by atoms with Gasteiger partial charge in [-0.05, 0) is 23.7 Å². The second-order valence-corrected chi connectivity index (χ2v) is 4.59. The Morgan fingerprint density at radius 1 is 0.750 bits per heavy atom. The molecule has 0 aliphatic carbocycles. The van der Waals surface area contributed by atoms with Crippen LogP contribution in [-0.2, 0) is 0 Å². The minimum absolute atomic E-state index is 0.687. The van der Waals surface area contributed by atoms with Crippen molar-refractivity contribution < 1.29 is 0 Å². The largest absolute Gasteiger partial charge is 0.0857 e. The van der Waals surface area contributed by atoms with E-state index in [0.29, 0.717) is 11.8 Å². The molecule has 2 unspecified atom stereocenters. The Morgan fingerprint density at radius 2 is 1.25 bits per heavy atom. The summed E-state index contributed by atoms with van der Waals surface area (Å²) in [4.78, 5) is 0. The summed E-state index contributed by atoms with van der Waals surface area (Å²) in [6.07, 6.45) is 4.67. The summed E-state index contributed by atoms with van der Waals surface area (Å²) in [5.41, 5.74) is 0. The monoisotopic (exact) mass is 168 g/mol. The van der Waals surface area contributed by atoms with E-state index in [0.717, 1.165) is 11.8 Å². The first-order valence-corrected chi connectivity index (χ1v) is 5.13. The fourth-order valence-electron chi connectivity index (χ4n) is 1.18. The highest BCUT2D eigenvalue weighted by Gasteiger charge is 2.12. The van der Waals surface area contributed by atoms with Gasteiger partial charge >= 0.3 is 0 Å². The summed E-state index contributed by atoms with van der Waals surface area (Å²) in [7, 11) is 0. The molecule has 0 rings (SSSR count). The molecule has 0 aromatic heterocycles. The molecule has 0 aromatic rings. The number of hydrogen-bond acceptors (Lipinski definition) is 0. The van der Waals surface area contributed by atoms with Crippen LogP contribution in [0.3, 0.4) is 0 Å². The third-order valence-corrected chi connectivity index (χ3v) is 2.68. The van der Waals surface area contributed by atoms with E-state index in [9.17, 15) is 0 Å². The molecule has 0 fully saturated rings. The molecule has 0 spiro atoms. The number of rotatable bonds is 4. The highest BCUT2D eigenvalue weighted by atomic mass is 14.2. The number of hydrogen-bond donors (Lipinski definition) is 0. The van der Waals surface area contributed by atoms with Crippen LogP contribution in [0.2, 0.25) is 0 Å². The predicted molar refractivity (Wildman–Crippen MR) is 57.1 cm³/mol. The van der Waals surface area contributed by atoms with E-state index in [1.165, 1.54) is 0 Å². The highest BCUT2D eigenvalue weighted by Crippen LogP contribution is 2.21. The molecule has 72 valence electrons. The molecule has 0 aliphatic rings. The molecule has 0 radical (unpaired) electrons. The molecule has 0 nitrogen and oxygen atoms in total. The van der Waals surface area contributed by atoms with Crippen molar-refractivity contribution in [2.24, 2.45) is 23.7 Å². The van der Waals surface area contributed by atoms with Crippen molar-refractivity contribution in [3.63, 3.8) is 0 Å². The van der Waals surface area contributed by atoms with Gasteiger partial charge in [0.05, 0.1) is 0 Å². The van der Waals surface area contributed by atoms with E-state index in [1.54, 1.807) is 0 Å². The summed E-state index contributed by atoms with van der Waals surface area (Å²) in [6.45, 7) is 13.7. The zero-order chi connectivity index (χ0) is 9.72. The van der Waals surface area contributed by atoms with Gasteiger partial charge in [0.15, 0.2) is 0 Å². The average molecular weight is 168 g/mol. The molecule has 0 heterocycles. The van der Waals surface area contributed by atoms with E-state index in [1.807, 2.05) is 0 Å². The van der Waals surface area contributed by atoms with Crippen LogP contribution in [0.25, 0.3) is 0 Å². The van der Waals surface area contributed by atoms with Crippen molar-refractivity contribution in [3.05, 3.63) is 12.2 Å². The second-order valence-electron chi connectivity index (χ2n) is 4.59. The lowest BCUT2D eigenvalue weighted by atomic mass is 9.85. The van der Waals surface area contributed by atoms with Crippen molar-refractivity contribution >= 4 is 0 Å². The molecule has 0 aliphatic heterocycles. The summed E-state index contributed by atoms with van der Waals surface area (Å²) in [6, 6.07) is 0. The Morgan fingerprint density at radius 3 is 1.58 bits per heavy atom. The van der Waals surface area contributed by atoms with Crippen LogP contribution < -0.4 is 0 Å². The van der Waals surface area contributed by atoms with E-state index >= 15 is 0 Å². The molecule has 0 saturated carbocycles. The first-order chi connectivity index (χ1) is 5.45. The fourth-order valence-corrected chi connectivity index (χ4v) is 1.18. The molecule has 0 amide bonds. The second kappa shape index (κ2) is 5.40. The van der Waals surface area contributed by atoms with Gasteiger partial charge in [-0.25, -0.2) is 0 Å². The predicted octanol–water partition coefficient (Wildman–Crippen LogP) is 4.13. The van der Waals surface area contributed by atoms with Crippen molar-refractivity contribution in [2.45, 2.75) is 41.5 Å². The van der Waals surface area contributed by atoms with Gasteiger partial charge < -0.3 is 0 Å². The zero-order valence-corrected chi connectivity index (χ0v) is 9.46. The van der Waals surface area contributed by atoms with Gasteiger partial charge in [-0.2, -0.15) is 0 Å². The van der Waals surface area contributed by atoms with Crippen LogP contribution in [-0.4, -0.2) is 0 Å². The van der Waals surface area contributed by atoms with E-state index in [4.69, 9.17) is 0 Å². The maximum Gasteiger partial charge on any atom is -0.0234 e. The minimum Gasteiger partial charge on any atom is -0.0857 e. The van der Waals surface area contributed by atoms with Gasteiger partial charge in [0, 0.05) is 0 Å².